The van der Waals surface area contributed by atoms with E-state index in [9.17, 15) is 32.3 Å². The van der Waals surface area contributed by atoms with Gasteiger partial charge in [0.25, 0.3) is 11.8 Å². The topological polar surface area (TPSA) is 87.5 Å². The van der Waals surface area contributed by atoms with E-state index in [0.717, 1.165) is 18.2 Å². The van der Waals surface area contributed by atoms with Gasteiger partial charge in [-0.2, -0.15) is 18.3 Å². The van der Waals surface area contributed by atoms with Crippen LogP contribution in [0.5, 0.6) is 0 Å². The summed E-state index contributed by atoms with van der Waals surface area (Å²) in [5.74, 6) is -2.34. The van der Waals surface area contributed by atoms with Crippen molar-refractivity contribution in [2.24, 2.45) is 0 Å². The van der Waals surface area contributed by atoms with E-state index in [1.165, 1.54) is 35.2 Å². The highest BCUT2D eigenvalue weighted by molar-refractivity contribution is 6.05. The van der Waals surface area contributed by atoms with Crippen molar-refractivity contribution < 1.29 is 32.3 Å². The number of aliphatic hydroxyl groups excluding tert-OH is 1. The summed E-state index contributed by atoms with van der Waals surface area (Å²) < 4.78 is 55.6. The number of fused-ring (bicyclic) bond motifs is 1. The van der Waals surface area contributed by atoms with Crippen molar-refractivity contribution in [2.45, 2.75) is 31.5 Å². The van der Waals surface area contributed by atoms with E-state index >= 15 is 0 Å². The van der Waals surface area contributed by atoms with Crippen LogP contribution in [0.15, 0.2) is 78.9 Å². The first kappa shape index (κ1) is 28.0. The summed E-state index contributed by atoms with van der Waals surface area (Å²) in [7, 11) is 0. The molecule has 2 N–H and O–H groups in total. The number of alkyl halides is 3. The lowest BCUT2D eigenvalue weighted by molar-refractivity contribution is -0.137. The second-order valence-electron chi connectivity index (χ2n) is 9.55. The molecule has 0 bridgehead atoms. The lowest BCUT2D eigenvalue weighted by atomic mass is 9.80. The number of anilines is 1. The Labute approximate surface area is 233 Å². The van der Waals surface area contributed by atoms with E-state index in [1.54, 1.807) is 11.6 Å². The van der Waals surface area contributed by atoms with Crippen molar-refractivity contribution in [3.8, 4) is 5.69 Å². The molecule has 0 aliphatic carbocycles. The third kappa shape index (κ3) is 5.32. The van der Waals surface area contributed by atoms with Crippen LogP contribution < -0.4 is 10.2 Å². The molecule has 0 saturated carbocycles. The molecular formula is C30H26F4N4O3. The molecule has 4 aromatic rings. The Hall–Kier alpha value is -4.51. The highest BCUT2D eigenvalue weighted by atomic mass is 19.4. The second-order valence-corrected chi connectivity index (χ2v) is 9.55. The average Bonchev–Trinajstić information content (AvgIpc) is 3.33. The van der Waals surface area contributed by atoms with Gasteiger partial charge >= 0.3 is 6.18 Å². The van der Waals surface area contributed by atoms with E-state index in [1.807, 2.05) is 30.3 Å². The number of carbonyl (C=O) groups is 2. The van der Waals surface area contributed by atoms with Crippen LogP contribution in [0.4, 0.5) is 23.4 Å². The van der Waals surface area contributed by atoms with Gasteiger partial charge in [0.1, 0.15) is 17.7 Å². The molecule has 0 unspecified atom stereocenters. The minimum absolute atomic E-state index is 0.125. The van der Waals surface area contributed by atoms with E-state index < -0.39 is 41.3 Å². The molecule has 2 amide bonds. The Morgan fingerprint density at radius 3 is 2.37 bits per heavy atom. The van der Waals surface area contributed by atoms with Crippen molar-refractivity contribution in [3.63, 3.8) is 0 Å². The first-order chi connectivity index (χ1) is 19.6. The largest absolute Gasteiger partial charge is 0.416 e. The summed E-state index contributed by atoms with van der Waals surface area (Å²) in [6, 6.07) is 17.2. The zero-order valence-electron chi connectivity index (χ0n) is 21.9. The van der Waals surface area contributed by atoms with Gasteiger partial charge in [-0.05, 0) is 55.0 Å². The maximum Gasteiger partial charge on any atom is 0.416 e. The number of amides is 2. The summed E-state index contributed by atoms with van der Waals surface area (Å²) in [5.41, 5.74) is 0.883. The summed E-state index contributed by atoms with van der Waals surface area (Å²) >= 11 is 0. The van der Waals surface area contributed by atoms with Crippen LogP contribution in [0.2, 0.25) is 0 Å². The van der Waals surface area contributed by atoms with Gasteiger partial charge in [-0.15, -0.1) is 0 Å². The van der Waals surface area contributed by atoms with E-state index in [-0.39, 0.29) is 25.1 Å². The number of likely N-dealkylation sites (N-methyl/N-ethyl adjacent to an activating group) is 1. The van der Waals surface area contributed by atoms with E-state index in [0.29, 0.717) is 28.3 Å². The van der Waals surface area contributed by atoms with Crippen LogP contribution in [0.1, 0.15) is 45.6 Å². The van der Waals surface area contributed by atoms with Crippen LogP contribution in [-0.2, 0) is 17.4 Å². The Morgan fingerprint density at radius 2 is 1.73 bits per heavy atom. The highest BCUT2D eigenvalue weighted by Crippen LogP contribution is 2.44. The molecular weight excluding hydrogens is 540 g/mol. The molecule has 41 heavy (non-hydrogen) atoms. The Bertz CT molecular complexity index is 1570. The monoisotopic (exact) mass is 566 g/mol. The maximum absolute atomic E-state index is 14.1. The fourth-order valence-electron chi connectivity index (χ4n) is 5.21. The molecule has 0 spiro atoms. The number of halogens is 4. The molecule has 1 aliphatic rings. The lowest BCUT2D eigenvalue weighted by Gasteiger charge is -2.38. The number of hydrogen-bond donors (Lipinski definition) is 2. The molecule has 11 heteroatoms. The van der Waals surface area contributed by atoms with Crippen molar-refractivity contribution >= 4 is 17.6 Å². The van der Waals surface area contributed by atoms with Crippen LogP contribution >= 0.6 is 0 Å². The summed E-state index contributed by atoms with van der Waals surface area (Å²) in [5, 5.41) is 17.3. The normalized spacial score (nSPS) is 16.9. The fourth-order valence-corrected chi connectivity index (χ4v) is 5.21. The van der Waals surface area contributed by atoms with Gasteiger partial charge in [-0.3, -0.25) is 14.5 Å². The molecule has 2 heterocycles. The third-order valence-corrected chi connectivity index (χ3v) is 7.04. The second kappa shape index (κ2) is 11.2. The van der Waals surface area contributed by atoms with Crippen LogP contribution in [-0.4, -0.2) is 45.9 Å². The number of aromatic nitrogens is 2. The molecule has 2 atom stereocenters. The van der Waals surface area contributed by atoms with E-state index in [2.05, 4.69) is 5.32 Å². The first-order valence-electron chi connectivity index (χ1n) is 13.0. The minimum atomic E-state index is -4.66. The predicted molar refractivity (Wildman–Crippen MR) is 143 cm³/mol. The molecule has 5 rings (SSSR count). The fraction of sp³-hybridized carbons (Fsp3) is 0.233. The summed E-state index contributed by atoms with van der Waals surface area (Å²) in [6.07, 6.45) is -4.54. The minimum Gasteiger partial charge on any atom is -0.396 e. The first-order valence-corrected chi connectivity index (χ1v) is 13.0. The maximum atomic E-state index is 14.1. The molecule has 1 aliphatic heterocycles. The Kier molecular flexibility index (Phi) is 7.63. The van der Waals surface area contributed by atoms with E-state index in [4.69, 9.17) is 5.10 Å². The number of benzene rings is 3. The SMILES string of the molecule is CCN1C(=O)[C@H](NC(=O)c2cccc(C(F)(F)F)c2)[C@H](c2ccc(F)cc2)c2c(CCO)nn(-c3ccccc3)c21. The van der Waals surface area contributed by atoms with Crippen LogP contribution in [0.3, 0.4) is 0 Å². The Balaban J connectivity index is 1.68. The van der Waals surface area contributed by atoms with Crippen LogP contribution in [0.25, 0.3) is 5.69 Å². The highest BCUT2D eigenvalue weighted by Gasteiger charge is 2.46. The molecule has 7 nitrogen and oxygen atoms in total. The van der Waals surface area contributed by atoms with Gasteiger partial charge in [0, 0.05) is 36.6 Å². The number of carbonyl (C=O) groups excluding carboxylic acids is 2. The standard InChI is InChI=1S/C30H26F4N4O3/c1-2-37-28-25(23(15-16-39)36-38(28)22-9-4-3-5-10-22)24(18-11-13-21(31)14-12-18)26(29(37)41)35-27(40)19-7-6-8-20(17-19)30(32,33)34/h3-14,17,24,26,39H,2,15-16H2,1H3,(H,35,40)/t24-,26-/m1/s1. The average molecular weight is 567 g/mol. The van der Waals surface area contributed by atoms with Crippen molar-refractivity contribution in [3.05, 3.63) is 113 Å². The third-order valence-electron chi connectivity index (χ3n) is 7.04. The van der Waals surface area contributed by atoms with Gasteiger partial charge < -0.3 is 10.4 Å². The molecule has 1 aromatic heterocycles. The molecule has 0 saturated heterocycles. The quantitative estimate of drug-likeness (QED) is 0.313. The molecule has 0 radical (unpaired) electrons. The van der Waals surface area contributed by atoms with Crippen LogP contribution in [0, 0.1) is 5.82 Å². The van der Waals surface area contributed by atoms with Crippen molar-refractivity contribution in [1.82, 2.24) is 15.1 Å². The predicted octanol–water partition coefficient (Wildman–Crippen LogP) is 4.86. The number of para-hydroxylation sites is 1. The molecule has 0 fully saturated rings. The lowest BCUT2D eigenvalue weighted by Crippen LogP contribution is -2.55. The molecule has 3 aromatic carbocycles. The number of rotatable bonds is 7. The summed E-state index contributed by atoms with van der Waals surface area (Å²) in [4.78, 5) is 28.9. The number of hydrogen-bond acceptors (Lipinski definition) is 4. The van der Waals surface area contributed by atoms with Gasteiger partial charge in [-0.1, -0.05) is 36.4 Å². The van der Waals surface area contributed by atoms with Crippen molar-refractivity contribution in [1.29, 1.82) is 0 Å². The van der Waals surface area contributed by atoms with Gasteiger partial charge in [0.15, 0.2) is 0 Å². The zero-order chi connectivity index (χ0) is 29.3. The van der Waals surface area contributed by atoms with Crippen molar-refractivity contribution in [2.75, 3.05) is 18.1 Å². The molecule has 212 valence electrons. The smallest absolute Gasteiger partial charge is 0.396 e. The number of nitrogens with one attached hydrogen (secondary N) is 1. The zero-order valence-corrected chi connectivity index (χ0v) is 21.9. The number of aliphatic hydroxyl groups is 1. The van der Waals surface area contributed by atoms with Gasteiger partial charge in [-0.25, -0.2) is 9.07 Å². The summed E-state index contributed by atoms with van der Waals surface area (Å²) in [6.45, 7) is 1.68. The van der Waals surface area contributed by atoms with Gasteiger partial charge in [0.05, 0.1) is 16.9 Å². The van der Waals surface area contributed by atoms with Gasteiger partial charge in [0.2, 0.25) is 0 Å². The number of nitrogens with zero attached hydrogens (tertiary/aromatic N) is 3. The Morgan fingerprint density at radius 1 is 1.02 bits per heavy atom.